The van der Waals surface area contributed by atoms with Gasteiger partial charge in [-0.2, -0.15) is 5.10 Å². The highest BCUT2D eigenvalue weighted by Gasteiger charge is 2.20. The number of hydrogen-bond acceptors (Lipinski definition) is 8. The first-order valence-corrected chi connectivity index (χ1v) is 11.0. The molecule has 0 fully saturated rings. The smallest absolute Gasteiger partial charge is 0.407 e. The zero-order valence-electron chi connectivity index (χ0n) is 20.1. The number of nitrogens with zero attached hydrogens (tertiary/aromatic N) is 4. The molecule has 0 bridgehead atoms. The van der Waals surface area contributed by atoms with Gasteiger partial charge in [-0.15, -0.1) is 5.10 Å². The molecular weight excluding hydrogens is 454 g/mol. The fraction of sp³-hybridized carbons (Fsp3) is 0.391. The maximum absolute atomic E-state index is 12.7. The molecule has 35 heavy (non-hydrogen) atoms. The van der Waals surface area contributed by atoms with Crippen LogP contribution in [0.3, 0.4) is 0 Å². The van der Waals surface area contributed by atoms with Crippen molar-refractivity contribution in [2.24, 2.45) is 5.73 Å². The Morgan fingerprint density at radius 2 is 1.94 bits per heavy atom. The van der Waals surface area contributed by atoms with Gasteiger partial charge in [0.05, 0.1) is 12.6 Å². The van der Waals surface area contributed by atoms with Gasteiger partial charge in [0.2, 0.25) is 11.9 Å². The van der Waals surface area contributed by atoms with Crippen molar-refractivity contribution >= 4 is 34.9 Å². The molecule has 12 nitrogen and oxygen atoms in total. The molecule has 4 N–H and O–H groups in total. The van der Waals surface area contributed by atoms with Crippen molar-refractivity contribution in [1.82, 2.24) is 25.1 Å². The highest BCUT2D eigenvalue weighted by Crippen LogP contribution is 2.31. The van der Waals surface area contributed by atoms with Crippen molar-refractivity contribution in [1.29, 1.82) is 0 Å². The quantitative estimate of drug-likeness (QED) is 0.391. The first kappa shape index (κ1) is 25.4. The summed E-state index contributed by atoms with van der Waals surface area (Å²) in [6, 6.07) is 6.20. The monoisotopic (exact) mass is 483 g/mol. The molecular formula is C23H29N7O5. The van der Waals surface area contributed by atoms with E-state index >= 15 is 0 Å². The summed E-state index contributed by atoms with van der Waals surface area (Å²) in [7, 11) is 1.47. The maximum atomic E-state index is 12.7. The maximum Gasteiger partial charge on any atom is 0.407 e. The number of nitrogens with one attached hydrogen (secondary N) is 2. The molecule has 0 aliphatic heterocycles. The Kier molecular flexibility index (Phi) is 7.84. The Morgan fingerprint density at radius 1 is 1.17 bits per heavy atom. The molecule has 2 heterocycles. The lowest BCUT2D eigenvalue weighted by atomic mass is 10.1. The van der Waals surface area contributed by atoms with Crippen molar-refractivity contribution < 1.29 is 23.9 Å². The van der Waals surface area contributed by atoms with E-state index in [1.54, 1.807) is 37.5 Å². The highest BCUT2D eigenvalue weighted by molar-refractivity contribution is 6.03. The Morgan fingerprint density at radius 3 is 2.57 bits per heavy atom. The molecule has 3 amide bonds. The Bertz CT molecular complexity index is 1220. The Hall–Kier alpha value is -4.22. The molecule has 0 atom stereocenters. The van der Waals surface area contributed by atoms with Crippen LogP contribution in [0.25, 0.3) is 11.0 Å². The van der Waals surface area contributed by atoms with Gasteiger partial charge in [0.15, 0.2) is 5.69 Å². The van der Waals surface area contributed by atoms with Gasteiger partial charge in [0.25, 0.3) is 5.91 Å². The lowest BCUT2D eigenvalue weighted by Crippen LogP contribution is -2.33. The summed E-state index contributed by atoms with van der Waals surface area (Å²) in [6.07, 6.45) is 2.25. The third-order valence-electron chi connectivity index (χ3n) is 4.82. The normalized spacial score (nSPS) is 11.2. The van der Waals surface area contributed by atoms with Crippen LogP contribution in [0, 0.1) is 0 Å². The molecule has 0 unspecified atom stereocenters. The van der Waals surface area contributed by atoms with Crippen molar-refractivity contribution in [3.05, 3.63) is 41.7 Å². The zero-order valence-corrected chi connectivity index (χ0v) is 20.1. The van der Waals surface area contributed by atoms with E-state index in [2.05, 4.69) is 25.8 Å². The molecule has 12 heteroatoms. The average Bonchev–Trinajstić information content (AvgIpc) is 3.14. The number of methoxy groups -OCH3 is 1. The van der Waals surface area contributed by atoms with E-state index in [-0.39, 0.29) is 17.2 Å². The summed E-state index contributed by atoms with van der Waals surface area (Å²) in [5.41, 5.74) is 6.25. The van der Waals surface area contributed by atoms with E-state index in [0.717, 1.165) is 0 Å². The van der Waals surface area contributed by atoms with Gasteiger partial charge in [0, 0.05) is 24.8 Å². The Balaban J connectivity index is 1.83. The van der Waals surface area contributed by atoms with Crippen molar-refractivity contribution in [2.45, 2.75) is 45.8 Å². The second-order valence-electron chi connectivity index (χ2n) is 8.70. The number of alkyl carbamates (subject to hydrolysis) is 1. The second-order valence-corrected chi connectivity index (χ2v) is 8.70. The lowest BCUT2D eigenvalue weighted by molar-refractivity contribution is 0.0526. The van der Waals surface area contributed by atoms with E-state index in [9.17, 15) is 14.4 Å². The molecule has 0 saturated heterocycles. The summed E-state index contributed by atoms with van der Waals surface area (Å²) in [4.78, 5) is 40.8. The number of rotatable bonds is 9. The molecule has 186 valence electrons. The number of amides is 3. The van der Waals surface area contributed by atoms with Gasteiger partial charge in [0.1, 0.15) is 16.9 Å². The molecule has 0 radical (unpaired) electrons. The van der Waals surface area contributed by atoms with Crippen LogP contribution in [-0.4, -0.2) is 56.9 Å². The van der Waals surface area contributed by atoms with E-state index in [0.29, 0.717) is 42.7 Å². The van der Waals surface area contributed by atoms with Gasteiger partial charge in [-0.05, 0) is 57.9 Å². The first-order valence-electron chi connectivity index (χ1n) is 11.0. The van der Waals surface area contributed by atoms with E-state index in [1.807, 2.05) is 0 Å². The number of anilines is 1. The second kappa shape index (κ2) is 10.8. The van der Waals surface area contributed by atoms with Crippen LogP contribution in [0.2, 0.25) is 0 Å². The van der Waals surface area contributed by atoms with Gasteiger partial charge in [-0.1, -0.05) is 0 Å². The Labute approximate surface area is 202 Å². The first-order chi connectivity index (χ1) is 16.6. The minimum Gasteiger partial charge on any atom is -0.494 e. The zero-order chi connectivity index (χ0) is 25.6. The van der Waals surface area contributed by atoms with E-state index in [1.165, 1.54) is 25.4 Å². The number of ether oxygens (including phenoxy) is 2. The number of nitrogens with two attached hydrogens (primary N) is 1. The van der Waals surface area contributed by atoms with Gasteiger partial charge in [-0.25, -0.2) is 9.78 Å². The third kappa shape index (κ3) is 6.65. The number of imidazole rings is 1. The summed E-state index contributed by atoms with van der Waals surface area (Å²) < 4.78 is 12.5. The van der Waals surface area contributed by atoms with Crippen LogP contribution in [-0.2, 0) is 11.3 Å². The number of carbonyl (C=O) groups excluding carboxylic acids is 3. The molecule has 3 rings (SSSR count). The number of fused-ring (bicyclic) bond motifs is 1. The topological polar surface area (TPSA) is 163 Å². The minimum atomic E-state index is -0.627. The van der Waals surface area contributed by atoms with Crippen molar-refractivity contribution in [3.63, 3.8) is 0 Å². The predicted molar refractivity (Wildman–Crippen MR) is 128 cm³/mol. The largest absolute Gasteiger partial charge is 0.494 e. The number of benzene rings is 1. The van der Waals surface area contributed by atoms with Crippen LogP contribution >= 0.6 is 0 Å². The molecule has 2 aromatic heterocycles. The van der Waals surface area contributed by atoms with Gasteiger partial charge >= 0.3 is 6.09 Å². The third-order valence-corrected chi connectivity index (χ3v) is 4.82. The number of aryl methyl sites for hydroxylation is 1. The number of carbonyl (C=O) groups is 3. The minimum absolute atomic E-state index is 0.123. The lowest BCUT2D eigenvalue weighted by Gasteiger charge is -2.19. The summed E-state index contributed by atoms with van der Waals surface area (Å²) in [5, 5.41) is 13.0. The van der Waals surface area contributed by atoms with Crippen molar-refractivity contribution in [2.75, 3.05) is 19.0 Å². The molecule has 0 spiro atoms. The van der Waals surface area contributed by atoms with E-state index in [4.69, 9.17) is 15.2 Å². The molecule has 0 saturated carbocycles. The average molecular weight is 484 g/mol. The number of primary amides is 1. The van der Waals surface area contributed by atoms with Crippen LogP contribution in [0.1, 0.15) is 54.5 Å². The summed E-state index contributed by atoms with van der Waals surface area (Å²) in [5.74, 6) is -0.486. The molecule has 0 aliphatic carbocycles. The predicted octanol–water partition coefficient (Wildman–Crippen LogP) is 2.49. The van der Waals surface area contributed by atoms with Crippen LogP contribution in [0.15, 0.2) is 30.5 Å². The summed E-state index contributed by atoms with van der Waals surface area (Å²) in [6.45, 7) is 6.24. The fourth-order valence-corrected chi connectivity index (χ4v) is 3.33. The molecule has 1 aromatic carbocycles. The molecule has 0 aliphatic rings. The van der Waals surface area contributed by atoms with Gasteiger partial charge < -0.3 is 25.1 Å². The van der Waals surface area contributed by atoms with E-state index < -0.39 is 23.5 Å². The number of unbranched alkanes of at least 4 members (excludes halogenated alkanes) is 1. The number of hydrogen-bond donors (Lipinski definition) is 3. The van der Waals surface area contributed by atoms with Crippen molar-refractivity contribution in [3.8, 4) is 5.75 Å². The number of aromatic nitrogens is 4. The standard InChI is InChI=1S/C23H29N7O5/c1-23(2,3)35-22(33)25-9-5-6-11-30-18-16(12-14(19(24)31)13-17(18)34-4)27-21(30)28-20(32)15-8-7-10-26-29-15/h7-8,10,12-13H,5-6,9,11H2,1-4H3,(H2,24,31)(H,25,33)(H,27,28,32). The highest BCUT2D eigenvalue weighted by atomic mass is 16.6. The fourth-order valence-electron chi connectivity index (χ4n) is 3.33. The SMILES string of the molecule is COc1cc(C(N)=O)cc2nc(NC(=O)c3cccnn3)n(CCCCNC(=O)OC(C)(C)C)c12. The molecule has 3 aromatic rings. The van der Waals surface area contributed by atoms with Gasteiger partial charge in [-0.3, -0.25) is 14.9 Å². The van der Waals surface area contributed by atoms with Crippen LogP contribution < -0.4 is 21.1 Å². The van der Waals surface area contributed by atoms with Crippen LogP contribution in [0.5, 0.6) is 5.75 Å². The summed E-state index contributed by atoms with van der Waals surface area (Å²) >= 11 is 0. The van der Waals surface area contributed by atoms with Crippen LogP contribution in [0.4, 0.5) is 10.7 Å².